The first kappa shape index (κ1) is 28.5. The molecule has 1 N–H and O–H groups in total. The quantitative estimate of drug-likeness (QED) is 0.365. The van der Waals surface area contributed by atoms with Crippen molar-refractivity contribution in [2.75, 3.05) is 6.61 Å². The molecule has 0 aromatic heterocycles. The first-order valence-electron chi connectivity index (χ1n) is 9.70. The summed E-state index contributed by atoms with van der Waals surface area (Å²) in [6.45, 7) is 1.93. The molecule has 0 fully saturated rings. The van der Waals surface area contributed by atoms with Crippen molar-refractivity contribution < 1.29 is 5.11 Å². The Bertz CT molecular complexity index is 633. The minimum absolute atomic E-state index is 0. The Kier molecular flexibility index (Phi) is 17.4. The van der Waals surface area contributed by atoms with Crippen molar-refractivity contribution in [1.82, 2.24) is 0 Å². The molecular formula is C26H33Cl3O. The van der Waals surface area contributed by atoms with E-state index in [1.807, 2.05) is 0 Å². The van der Waals surface area contributed by atoms with Crippen LogP contribution < -0.4 is 0 Å². The lowest BCUT2D eigenvalue weighted by atomic mass is 9.87. The highest BCUT2D eigenvalue weighted by Gasteiger charge is 2.12. The Morgan fingerprint density at radius 2 is 0.800 bits per heavy atom. The molecule has 164 valence electrons. The van der Waals surface area contributed by atoms with Gasteiger partial charge in [0, 0.05) is 6.61 Å². The molecule has 3 aromatic rings. The molecule has 1 nitrogen and oxygen atoms in total. The number of benzene rings is 3. The number of rotatable bonds is 6. The van der Waals surface area contributed by atoms with Gasteiger partial charge in [0.05, 0.1) is 0 Å². The van der Waals surface area contributed by atoms with Crippen LogP contribution in [0.3, 0.4) is 0 Å². The molecule has 0 atom stereocenters. The lowest BCUT2D eigenvalue weighted by molar-refractivity contribution is 0.318. The molecule has 0 amide bonds. The summed E-state index contributed by atoms with van der Waals surface area (Å²) in [5.74, 6) is 0.632. The molecule has 3 rings (SSSR count). The molecule has 0 saturated heterocycles. The van der Waals surface area contributed by atoms with Crippen LogP contribution in [0.2, 0.25) is 0 Å². The zero-order valence-corrected chi connectivity index (χ0v) is 19.0. The fraction of sp³-hybridized carbons (Fsp3) is 0.308. The van der Waals surface area contributed by atoms with Gasteiger partial charge in [-0.15, -0.1) is 0 Å². The summed E-state index contributed by atoms with van der Waals surface area (Å²) in [5, 5.41) is 7.57. The normalized spacial score (nSPS) is 9.70. The molecule has 4 heteroatoms. The number of aliphatic hydroxyl groups is 1. The van der Waals surface area contributed by atoms with Gasteiger partial charge >= 0.3 is 0 Å². The molecule has 0 spiro atoms. The predicted molar refractivity (Wildman–Crippen MR) is 135 cm³/mol. The summed E-state index contributed by atoms with van der Waals surface area (Å²) in [5.41, 5.74) is 4.29. The van der Waals surface area contributed by atoms with Gasteiger partial charge in [-0.1, -0.05) is 133 Å². The SMILES string of the molecule is C.CCO.ClC(Cl)Cl.c1ccc(CC(Cc2ccccc2)Cc2ccccc2)cc1. The van der Waals surface area contributed by atoms with E-state index < -0.39 is 4.30 Å². The van der Waals surface area contributed by atoms with E-state index in [4.69, 9.17) is 39.9 Å². The molecule has 0 heterocycles. The molecule has 30 heavy (non-hydrogen) atoms. The minimum Gasteiger partial charge on any atom is -0.397 e. The lowest BCUT2D eigenvalue weighted by Gasteiger charge is -2.17. The van der Waals surface area contributed by atoms with Gasteiger partial charge in [-0.3, -0.25) is 0 Å². The van der Waals surface area contributed by atoms with Crippen LogP contribution in [-0.4, -0.2) is 16.0 Å². The van der Waals surface area contributed by atoms with Crippen LogP contribution in [0.5, 0.6) is 0 Å². The molecule has 0 saturated carbocycles. The van der Waals surface area contributed by atoms with Crippen LogP contribution in [0.1, 0.15) is 31.0 Å². The van der Waals surface area contributed by atoms with Crippen LogP contribution in [0, 0.1) is 5.92 Å². The lowest BCUT2D eigenvalue weighted by Crippen LogP contribution is -2.12. The molecule has 0 radical (unpaired) electrons. The largest absolute Gasteiger partial charge is 0.397 e. The van der Waals surface area contributed by atoms with E-state index in [-0.39, 0.29) is 14.0 Å². The maximum absolute atomic E-state index is 7.57. The number of hydrogen-bond acceptors (Lipinski definition) is 1. The molecule has 0 bridgehead atoms. The summed E-state index contributed by atoms with van der Waals surface area (Å²) < 4.78 is -0.750. The highest BCUT2D eigenvalue weighted by Crippen LogP contribution is 2.19. The van der Waals surface area contributed by atoms with E-state index in [0.29, 0.717) is 5.92 Å². The topological polar surface area (TPSA) is 20.2 Å². The molecule has 3 aromatic carbocycles. The minimum atomic E-state index is -0.750. The Labute approximate surface area is 197 Å². The smallest absolute Gasteiger partial charge is 0.180 e. The van der Waals surface area contributed by atoms with Gasteiger partial charge in [0.2, 0.25) is 0 Å². The average Bonchev–Trinajstić information content (AvgIpc) is 2.70. The summed E-state index contributed by atoms with van der Waals surface area (Å²) in [4.78, 5) is 0. The van der Waals surface area contributed by atoms with Crippen LogP contribution in [-0.2, 0) is 19.3 Å². The van der Waals surface area contributed by atoms with Gasteiger partial charge in [0.15, 0.2) is 4.30 Å². The third kappa shape index (κ3) is 14.5. The van der Waals surface area contributed by atoms with Crippen molar-refractivity contribution in [3.63, 3.8) is 0 Å². The van der Waals surface area contributed by atoms with E-state index >= 15 is 0 Å². The Balaban J connectivity index is 0.000000925. The van der Waals surface area contributed by atoms with Gasteiger partial charge in [0.25, 0.3) is 0 Å². The number of halogens is 3. The van der Waals surface area contributed by atoms with Crippen molar-refractivity contribution in [2.24, 2.45) is 5.92 Å². The monoisotopic (exact) mass is 466 g/mol. The molecule has 0 aliphatic heterocycles. The third-order valence-electron chi connectivity index (χ3n) is 4.10. The fourth-order valence-corrected chi connectivity index (χ4v) is 3.06. The first-order valence-corrected chi connectivity index (χ1v) is 11.0. The highest BCUT2D eigenvalue weighted by atomic mass is 35.6. The van der Waals surface area contributed by atoms with Gasteiger partial charge in [0.1, 0.15) is 0 Å². The third-order valence-corrected chi connectivity index (χ3v) is 4.10. The van der Waals surface area contributed by atoms with Gasteiger partial charge in [-0.05, 0) is 48.8 Å². The average molecular weight is 468 g/mol. The zero-order valence-electron chi connectivity index (χ0n) is 16.7. The molecule has 0 aliphatic rings. The van der Waals surface area contributed by atoms with Crippen molar-refractivity contribution in [3.8, 4) is 0 Å². The van der Waals surface area contributed by atoms with Crippen molar-refractivity contribution in [3.05, 3.63) is 108 Å². The van der Waals surface area contributed by atoms with E-state index in [2.05, 4.69) is 91.0 Å². The Hall–Kier alpha value is -1.51. The van der Waals surface area contributed by atoms with Gasteiger partial charge < -0.3 is 5.11 Å². The number of hydrogen-bond donors (Lipinski definition) is 1. The van der Waals surface area contributed by atoms with Crippen molar-refractivity contribution in [1.29, 1.82) is 0 Å². The van der Waals surface area contributed by atoms with Gasteiger partial charge in [-0.2, -0.15) is 0 Å². The van der Waals surface area contributed by atoms with Crippen LogP contribution in [0.4, 0.5) is 0 Å². The standard InChI is InChI=1S/C22H22.C2H6O.CHCl3.CH4/c1-4-10-19(11-5-1)16-22(17-20-12-6-2-7-13-20)18-21-14-8-3-9-15-21;1-2-3;2-1(3)4;/h1-15,22H,16-18H2;3H,2H2,1H3;1H;1H4. The van der Waals surface area contributed by atoms with Crippen LogP contribution >= 0.6 is 34.8 Å². The Morgan fingerprint density at radius 1 is 0.600 bits per heavy atom. The highest BCUT2D eigenvalue weighted by molar-refractivity contribution is 6.63. The van der Waals surface area contributed by atoms with E-state index in [0.717, 1.165) is 19.3 Å². The van der Waals surface area contributed by atoms with Crippen molar-refractivity contribution in [2.45, 2.75) is 37.9 Å². The van der Waals surface area contributed by atoms with Crippen molar-refractivity contribution >= 4 is 34.8 Å². The molecule has 0 aliphatic carbocycles. The molecular weight excluding hydrogens is 435 g/mol. The fourth-order valence-electron chi connectivity index (χ4n) is 3.06. The summed E-state index contributed by atoms with van der Waals surface area (Å²) >= 11 is 14.4. The molecule has 0 unspecified atom stereocenters. The van der Waals surface area contributed by atoms with E-state index in [1.165, 1.54) is 16.7 Å². The zero-order chi connectivity index (χ0) is 21.3. The summed E-state index contributed by atoms with van der Waals surface area (Å²) in [7, 11) is 0. The second-order valence-electron chi connectivity index (χ2n) is 6.50. The Morgan fingerprint density at radius 3 is 1.00 bits per heavy atom. The second-order valence-corrected chi connectivity index (χ2v) is 8.48. The summed E-state index contributed by atoms with van der Waals surface area (Å²) in [6, 6.07) is 32.5. The van der Waals surface area contributed by atoms with E-state index in [1.54, 1.807) is 6.92 Å². The number of alkyl halides is 3. The predicted octanol–water partition coefficient (Wildman–Crippen LogP) is 7.95. The van der Waals surface area contributed by atoms with E-state index in [9.17, 15) is 0 Å². The first-order chi connectivity index (χ1) is 14.0. The summed E-state index contributed by atoms with van der Waals surface area (Å²) in [6.07, 6.45) is 3.39. The second kappa shape index (κ2) is 18.3. The number of aliphatic hydroxyl groups excluding tert-OH is 1. The van der Waals surface area contributed by atoms with Crippen LogP contribution in [0.15, 0.2) is 91.0 Å². The maximum atomic E-state index is 7.57. The maximum Gasteiger partial charge on any atom is 0.180 e. The van der Waals surface area contributed by atoms with Gasteiger partial charge in [-0.25, -0.2) is 0 Å². The van der Waals surface area contributed by atoms with Crippen LogP contribution in [0.25, 0.3) is 0 Å².